The third-order valence-corrected chi connectivity index (χ3v) is 5.47. The minimum absolute atomic E-state index is 0.645. The molecule has 3 rings (SSSR count). The zero-order valence-corrected chi connectivity index (χ0v) is 11.8. The van der Waals surface area contributed by atoms with Gasteiger partial charge in [-0.3, -0.25) is 0 Å². The minimum atomic E-state index is 0.645. The van der Waals surface area contributed by atoms with Gasteiger partial charge in [0.1, 0.15) is 0 Å². The van der Waals surface area contributed by atoms with Crippen LogP contribution in [0.4, 0.5) is 0 Å². The molecule has 2 aliphatic carbocycles. The lowest BCUT2D eigenvalue weighted by Gasteiger charge is -2.34. The Morgan fingerprint density at radius 1 is 1.06 bits per heavy atom. The molecule has 102 valence electrons. The van der Waals surface area contributed by atoms with Crippen LogP contribution in [0.3, 0.4) is 0 Å². The van der Waals surface area contributed by atoms with Gasteiger partial charge in [0.05, 0.1) is 0 Å². The SMILES string of the molecule is CC(NC(C)C1CC2C=CC1C2)C1CCOCC1. The van der Waals surface area contributed by atoms with Crippen LogP contribution in [-0.2, 0) is 4.74 Å². The zero-order valence-electron chi connectivity index (χ0n) is 11.8. The van der Waals surface area contributed by atoms with Gasteiger partial charge in [0, 0.05) is 25.3 Å². The summed E-state index contributed by atoms with van der Waals surface area (Å²) in [5.74, 6) is 3.44. The highest BCUT2D eigenvalue weighted by molar-refractivity contribution is 5.11. The molecule has 2 heteroatoms. The van der Waals surface area contributed by atoms with Gasteiger partial charge in [0.25, 0.3) is 0 Å². The maximum atomic E-state index is 5.46. The summed E-state index contributed by atoms with van der Waals surface area (Å²) >= 11 is 0. The Labute approximate surface area is 111 Å². The molecule has 0 spiro atoms. The fourth-order valence-electron chi connectivity index (χ4n) is 4.29. The van der Waals surface area contributed by atoms with Gasteiger partial charge in [0.2, 0.25) is 0 Å². The highest BCUT2D eigenvalue weighted by Gasteiger charge is 2.39. The summed E-state index contributed by atoms with van der Waals surface area (Å²) < 4.78 is 5.46. The van der Waals surface area contributed by atoms with Crippen LogP contribution in [-0.4, -0.2) is 25.3 Å². The summed E-state index contributed by atoms with van der Waals surface area (Å²) in [7, 11) is 0. The Hall–Kier alpha value is -0.340. The molecule has 5 atom stereocenters. The standard InChI is InChI=1S/C16H27NO/c1-11(14-5-7-18-8-6-14)17-12(2)16-10-13-3-4-15(16)9-13/h3-4,11-17H,5-10H2,1-2H3. The van der Waals surface area contributed by atoms with Crippen LogP contribution in [0.2, 0.25) is 0 Å². The zero-order chi connectivity index (χ0) is 12.5. The van der Waals surface area contributed by atoms with Crippen molar-refractivity contribution in [1.29, 1.82) is 0 Å². The third-order valence-electron chi connectivity index (χ3n) is 5.47. The molecule has 0 aromatic heterocycles. The Bertz CT molecular complexity index is 308. The van der Waals surface area contributed by atoms with Crippen molar-refractivity contribution in [2.45, 2.75) is 51.6 Å². The second-order valence-electron chi connectivity index (χ2n) is 6.64. The minimum Gasteiger partial charge on any atom is -0.381 e. The Balaban J connectivity index is 1.51. The summed E-state index contributed by atoms with van der Waals surface area (Å²) in [4.78, 5) is 0. The molecule has 3 aliphatic rings. The van der Waals surface area contributed by atoms with Crippen molar-refractivity contribution in [3.05, 3.63) is 12.2 Å². The van der Waals surface area contributed by atoms with Gasteiger partial charge < -0.3 is 10.1 Å². The third kappa shape index (κ3) is 2.50. The number of rotatable bonds is 4. The molecule has 0 amide bonds. The van der Waals surface area contributed by atoms with Crippen LogP contribution in [0.25, 0.3) is 0 Å². The molecule has 1 N–H and O–H groups in total. The van der Waals surface area contributed by atoms with Crippen LogP contribution < -0.4 is 5.32 Å². The molecule has 1 saturated carbocycles. The molecule has 2 bridgehead atoms. The highest BCUT2D eigenvalue weighted by Crippen LogP contribution is 2.45. The molecule has 1 saturated heterocycles. The van der Waals surface area contributed by atoms with E-state index in [2.05, 4.69) is 31.3 Å². The second kappa shape index (κ2) is 5.34. The molecule has 2 fully saturated rings. The summed E-state index contributed by atoms with van der Waals surface area (Å²) in [5, 5.41) is 3.89. The molecule has 1 heterocycles. The molecule has 0 aromatic carbocycles. The van der Waals surface area contributed by atoms with E-state index in [0.29, 0.717) is 12.1 Å². The quantitative estimate of drug-likeness (QED) is 0.773. The van der Waals surface area contributed by atoms with Gasteiger partial charge in [-0.15, -0.1) is 0 Å². The van der Waals surface area contributed by atoms with Gasteiger partial charge in [-0.1, -0.05) is 12.2 Å². The lowest BCUT2D eigenvalue weighted by atomic mass is 9.85. The first-order valence-electron chi connectivity index (χ1n) is 7.76. The molecule has 5 unspecified atom stereocenters. The lowest BCUT2D eigenvalue weighted by Crippen LogP contribution is -2.45. The van der Waals surface area contributed by atoms with Crippen molar-refractivity contribution in [3.63, 3.8) is 0 Å². The maximum absolute atomic E-state index is 5.46. The molecular formula is C16H27NO. The van der Waals surface area contributed by atoms with Crippen LogP contribution >= 0.6 is 0 Å². The molecule has 2 nitrogen and oxygen atoms in total. The number of hydrogen-bond acceptors (Lipinski definition) is 2. The maximum Gasteiger partial charge on any atom is 0.0469 e. The average molecular weight is 249 g/mol. The van der Waals surface area contributed by atoms with E-state index in [1.54, 1.807) is 0 Å². The Kier molecular flexibility index (Phi) is 3.76. The number of hydrogen-bond donors (Lipinski definition) is 1. The van der Waals surface area contributed by atoms with Gasteiger partial charge in [-0.2, -0.15) is 0 Å². The summed E-state index contributed by atoms with van der Waals surface area (Å²) in [6, 6.07) is 1.31. The van der Waals surface area contributed by atoms with Crippen LogP contribution in [0.5, 0.6) is 0 Å². The molecule has 18 heavy (non-hydrogen) atoms. The Morgan fingerprint density at radius 3 is 2.44 bits per heavy atom. The van der Waals surface area contributed by atoms with Gasteiger partial charge in [0.15, 0.2) is 0 Å². The lowest BCUT2D eigenvalue weighted by molar-refractivity contribution is 0.0532. The first-order chi connectivity index (χ1) is 8.74. The van der Waals surface area contributed by atoms with E-state index in [1.165, 1.54) is 25.7 Å². The van der Waals surface area contributed by atoms with Crippen molar-refractivity contribution < 1.29 is 4.74 Å². The monoisotopic (exact) mass is 249 g/mol. The van der Waals surface area contributed by atoms with Crippen molar-refractivity contribution in [2.75, 3.05) is 13.2 Å². The fraction of sp³-hybridized carbons (Fsp3) is 0.875. The molecule has 0 aromatic rings. The van der Waals surface area contributed by atoms with E-state index in [0.717, 1.165) is 36.9 Å². The van der Waals surface area contributed by atoms with Crippen LogP contribution in [0.15, 0.2) is 12.2 Å². The van der Waals surface area contributed by atoms with Gasteiger partial charge in [-0.05, 0) is 63.2 Å². The average Bonchev–Trinajstić information content (AvgIpc) is 3.02. The summed E-state index contributed by atoms with van der Waals surface area (Å²) in [6.07, 6.45) is 10.2. The first kappa shape index (κ1) is 12.7. The van der Waals surface area contributed by atoms with Crippen molar-refractivity contribution in [1.82, 2.24) is 5.32 Å². The van der Waals surface area contributed by atoms with E-state index in [4.69, 9.17) is 4.74 Å². The topological polar surface area (TPSA) is 21.3 Å². The molecule has 0 radical (unpaired) electrons. The van der Waals surface area contributed by atoms with E-state index < -0.39 is 0 Å². The Morgan fingerprint density at radius 2 is 1.83 bits per heavy atom. The first-order valence-corrected chi connectivity index (χ1v) is 7.76. The smallest absolute Gasteiger partial charge is 0.0469 e. The van der Waals surface area contributed by atoms with E-state index >= 15 is 0 Å². The number of nitrogens with one attached hydrogen (secondary N) is 1. The van der Waals surface area contributed by atoms with Gasteiger partial charge in [-0.25, -0.2) is 0 Å². The normalized spacial score (nSPS) is 39.1. The molecule has 1 aliphatic heterocycles. The number of fused-ring (bicyclic) bond motifs is 2. The van der Waals surface area contributed by atoms with E-state index in [9.17, 15) is 0 Å². The fourth-order valence-corrected chi connectivity index (χ4v) is 4.29. The van der Waals surface area contributed by atoms with Crippen molar-refractivity contribution >= 4 is 0 Å². The van der Waals surface area contributed by atoms with Crippen LogP contribution in [0.1, 0.15) is 39.5 Å². The van der Waals surface area contributed by atoms with Crippen molar-refractivity contribution in [3.8, 4) is 0 Å². The number of ether oxygens (including phenoxy) is 1. The highest BCUT2D eigenvalue weighted by atomic mass is 16.5. The summed E-state index contributed by atoms with van der Waals surface area (Å²) in [6.45, 7) is 6.69. The van der Waals surface area contributed by atoms with Crippen molar-refractivity contribution in [2.24, 2.45) is 23.7 Å². The predicted molar refractivity (Wildman–Crippen MR) is 74.4 cm³/mol. The van der Waals surface area contributed by atoms with E-state index in [1.807, 2.05) is 0 Å². The predicted octanol–water partition coefficient (Wildman–Crippen LogP) is 2.99. The largest absolute Gasteiger partial charge is 0.381 e. The van der Waals surface area contributed by atoms with Gasteiger partial charge >= 0.3 is 0 Å². The number of allylic oxidation sites excluding steroid dienone is 2. The van der Waals surface area contributed by atoms with Crippen LogP contribution in [0, 0.1) is 23.7 Å². The van der Waals surface area contributed by atoms with E-state index in [-0.39, 0.29) is 0 Å². The second-order valence-corrected chi connectivity index (χ2v) is 6.64. The molecular weight excluding hydrogens is 222 g/mol. The summed E-state index contributed by atoms with van der Waals surface area (Å²) in [5.41, 5.74) is 0.